The molecule has 16 nitrogen and oxygen atoms in total. The Labute approximate surface area is 368 Å². The Kier molecular flexibility index (Phi) is 11.0. The summed E-state index contributed by atoms with van der Waals surface area (Å²) in [6, 6.07) is 14.1. The highest BCUT2D eigenvalue weighted by molar-refractivity contribution is 5.87. The molecule has 5 aliphatic rings. The maximum absolute atomic E-state index is 12.8. The van der Waals surface area contributed by atoms with Gasteiger partial charge in [-0.25, -0.2) is 19.9 Å². The second-order valence-corrected chi connectivity index (χ2v) is 19.5. The summed E-state index contributed by atoms with van der Waals surface area (Å²) in [5.41, 5.74) is 14.9. The molecule has 336 valence electrons. The number of carbonyl (C=O) groups is 1. The van der Waals surface area contributed by atoms with Crippen LogP contribution in [0.3, 0.4) is 0 Å². The number of benzene rings is 1. The molecule has 5 fully saturated rings. The summed E-state index contributed by atoms with van der Waals surface area (Å²) in [7, 11) is 1.98. The predicted octanol–water partition coefficient (Wildman–Crippen LogP) is 5.70. The van der Waals surface area contributed by atoms with E-state index in [-0.39, 0.29) is 36.2 Å². The minimum absolute atomic E-state index is 0.00282. The van der Waals surface area contributed by atoms with E-state index >= 15 is 0 Å². The Morgan fingerprint density at radius 1 is 0.905 bits per heavy atom. The summed E-state index contributed by atoms with van der Waals surface area (Å²) in [6.45, 7) is 10.6. The first-order valence-corrected chi connectivity index (χ1v) is 22.8. The number of aromatic nitrogens is 6. The lowest BCUT2D eigenvalue weighted by Gasteiger charge is -2.44. The largest absolute Gasteiger partial charge is 0.461 e. The lowest BCUT2D eigenvalue weighted by Crippen LogP contribution is -2.49. The molecule has 7 atom stereocenters. The fourth-order valence-corrected chi connectivity index (χ4v) is 11.5. The highest BCUT2D eigenvalue weighted by Gasteiger charge is 2.61. The molecule has 7 unspecified atom stereocenters. The van der Waals surface area contributed by atoms with Crippen LogP contribution in [0.15, 0.2) is 61.2 Å². The van der Waals surface area contributed by atoms with E-state index in [9.17, 15) is 4.79 Å². The van der Waals surface area contributed by atoms with E-state index in [1.807, 2.05) is 83.4 Å². The second kappa shape index (κ2) is 16.4. The average Bonchev–Trinajstić information content (AvgIpc) is 4.08. The van der Waals surface area contributed by atoms with Gasteiger partial charge in [0.2, 0.25) is 0 Å². The van der Waals surface area contributed by atoms with Crippen LogP contribution in [0.4, 0.5) is 11.6 Å². The van der Waals surface area contributed by atoms with Crippen LogP contribution in [-0.4, -0.2) is 103 Å². The average molecular weight is 863 g/mol. The fourth-order valence-electron chi connectivity index (χ4n) is 11.5. The summed E-state index contributed by atoms with van der Waals surface area (Å²) in [4.78, 5) is 34.4. The monoisotopic (exact) mass is 862 g/mol. The molecule has 1 aromatic carbocycles. The Morgan fingerprint density at radius 2 is 1.68 bits per heavy atom. The van der Waals surface area contributed by atoms with E-state index in [2.05, 4.69) is 35.5 Å². The zero-order chi connectivity index (χ0) is 43.7. The minimum atomic E-state index is -0.740. The Balaban J connectivity index is 0.892. The second-order valence-electron chi connectivity index (χ2n) is 19.5. The van der Waals surface area contributed by atoms with Gasteiger partial charge in [0.1, 0.15) is 53.9 Å². The number of nitrogens with one attached hydrogen (secondary N) is 1. The number of rotatable bonds is 15. The molecule has 2 aliphatic heterocycles. The van der Waals surface area contributed by atoms with Gasteiger partial charge in [0, 0.05) is 62.7 Å². The molecule has 0 spiro atoms. The van der Waals surface area contributed by atoms with Crippen LogP contribution in [0.25, 0.3) is 22.1 Å². The summed E-state index contributed by atoms with van der Waals surface area (Å²) < 4.78 is 36.8. The van der Waals surface area contributed by atoms with Crippen molar-refractivity contribution < 1.29 is 28.5 Å². The van der Waals surface area contributed by atoms with E-state index < -0.39 is 17.3 Å². The first-order valence-electron chi connectivity index (χ1n) is 22.8. The number of carbonyl (C=O) groups excluding carboxylic acids is 1. The SMILES string of the molecule is CNCC1CCC2(n3ccc4c(N)nc(CCN(CC5CC(n6ccc7c(N)ncnc76)C6OC(C)(C)OC56)C5CC(CCC(=O)OCc6ccccc6)C5)nc43)OC(C)(C)OC12. The van der Waals surface area contributed by atoms with Crippen molar-refractivity contribution in [2.45, 2.75) is 133 Å². The third-order valence-electron chi connectivity index (χ3n) is 14.3. The normalized spacial score (nSPS) is 30.6. The molecule has 2 saturated heterocycles. The molecule has 6 heterocycles. The van der Waals surface area contributed by atoms with Gasteiger partial charge in [-0.2, -0.15) is 0 Å². The molecule has 5 aromatic rings. The molecular formula is C47H62N10O6. The quantitative estimate of drug-likeness (QED) is 0.109. The van der Waals surface area contributed by atoms with Gasteiger partial charge in [-0.05, 0) is 96.9 Å². The highest BCUT2D eigenvalue weighted by Crippen LogP contribution is 2.53. The summed E-state index contributed by atoms with van der Waals surface area (Å²) >= 11 is 0. The maximum Gasteiger partial charge on any atom is 0.306 e. The van der Waals surface area contributed by atoms with Crippen LogP contribution in [0.5, 0.6) is 0 Å². The third kappa shape index (κ3) is 7.96. The van der Waals surface area contributed by atoms with Crippen molar-refractivity contribution in [1.82, 2.24) is 39.3 Å². The van der Waals surface area contributed by atoms with Crippen LogP contribution in [0.2, 0.25) is 0 Å². The lowest BCUT2D eigenvalue weighted by molar-refractivity contribution is -0.187. The van der Waals surface area contributed by atoms with Crippen molar-refractivity contribution in [1.29, 1.82) is 0 Å². The van der Waals surface area contributed by atoms with Crippen LogP contribution < -0.4 is 16.8 Å². The van der Waals surface area contributed by atoms with Gasteiger partial charge in [0.05, 0.1) is 22.9 Å². The van der Waals surface area contributed by atoms with Crippen molar-refractivity contribution in [3.63, 3.8) is 0 Å². The van der Waals surface area contributed by atoms with Gasteiger partial charge in [-0.3, -0.25) is 9.69 Å². The molecule has 63 heavy (non-hydrogen) atoms. The topological polar surface area (TPSA) is 192 Å². The van der Waals surface area contributed by atoms with Crippen molar-refractivity contribution in [3.05, 3.63) is 72.6 Å². The van der Waals surface area contributed by atoms with Crippen LogP contribution in [0.1, 0.15) is 90.1 Å². The van der Waals surface area contributed by atoms with E-state index in [1.54, 1.807) is 0 Å². The molecule has 3 saturated carbocycles. The van der Waals surface area contributed by atoms with Crippen molar-refractivity contribution >= 4 is 39.7 Å². The number of ether oxygens (including phenoxy) is 5. The van der Waals surface area contributed by atoms with Gasteiger partial charge >= 0.3 is 5.97 Å². The lowest BCUT2D eigenvalue weighted by atomic mass is 9.76. The number of esters is 1. The molecule has 0 bridgehead atoms. The molecule has 0 radical (unpaired) electrons. The summed E-state index contributed by atoms with van der Waals surface area (Å²) in [5.74, 6) is 0.896. The first kappa shape index (κ1) is 42.3. The maximum atomic E-state index is 12.8. The van der Waals surface area contributed by atoms with Crippen molar-refractivity contribution in [2.75, 3.05) is 38.1 Å². The first-order chi connectivity index (χ1) is 30.3. The minimum Gasteiger partial charge on any atom is -0.461 e. The number of hydrogen-bond acceptors (Lipinski definition) is 14. The van der Waals surface area contributed by atoms with E-state index in [4.69, 9.17) is 45.1 Å². The number of nitrogens with two attached hydrogens (primary N) is 2. The van der Waals surface area contributed by atoms with E-state index in [1.165, 1.54) is 6.33 Å². The van der Waals surface area contributed by atoms with Gasteiger partial charge in [0.25, 0.3) is 0 Å². The molecule has 5 N–H and O–H groups in total. The van der Waals surface area contributed by atoms with E-state index in [0.717, 1.165) is 85.8 Å². The highest BCUT2D eigenvalue weighted by atomic mass is 16.8. The number of hydrogen-bond donors (Lipinski definition) is 3. The molecular weight excluding hydrogens is 801 g/mol. The Morgan fingerprint density at radius 3 is 2.49 bits per heavy atom. The molecule has 0 amide bonds. The number of fused-ring (bicyclic) bond motifs is 4. The van der Waals surface area contributed by atoms with Gasteiger partial charge in [0.15, 0.2) is 17.3 Å². The van der Waals surface area contributed by atoms with Gasteiger partial charge in [-0.1, -0.05) is 30.3 Å². The zero-order valence-corrected chi connectivity index (χ0v) is 37.1. The van der Waals surface area contributed by atoms with Crippen LogP contribution >= 0.6 is 0 Å². The number of nitrogens with zero attached hydrogens (tertiary/aromatic N) is 7. The van der Waals surface area contributed by atoms with Crippen molar-refractivity contribution in [2.24, 2.45) is 17.8 Å². The summed E-state index contributed by atoms with van der Waals surface area (Å²) in [6.07, 6.45) is 11.6. The van der Waals surface area contributed by atoms with Crippen molar-refractivity contribution in [3.8, 4) is 0 Å². The Bertz CT molecular complexity index is 2450. The molecule has 16 heteroatoms. The van der Waals surface area contributed by atoms with Gasteiger partial charge in [-0.15, -0.1) is 0 Å². The smallest absolute Gasteiger partial charge is 0.306 e. The third-order valence-corrected chi connectivity index (χ3v) is 14.3. The van der Waals surface area contributed by atoms with Gasteiger partial charge < -0.3 is 49.6 Å². The van der Waals surface area contributed by atoms with Crippen LogP contribution in [-0.2, 0) is 47.2 Å². The van der Waals surface area contributed by atoms with E-state index in [0.29, 0.717) is 54.8 Å². The zero-order valence-electron chi connectivity index (χ0n) is 37.1. The molecule has 4 aromatic heterocycles. The molecule has 3 aliphatic carbocycles. The molecule has 10 rings (SSSR count). The Hall–Kier alpha value is -4.71. The summed E-state index contributed by atoms with van der Waals surface area (Å²) in [5, 5.41) is 5.00. The number of nitrogen functional groups attached to an aromatic ring is 2. The number of anilines is 2. The predicted molar refractivity (Wildman–Crippen MR) is 237 cm³/mol. The fraction of sp³-hybridized carbons (Fsp3) is 0.596. The standard InChI is InChI=1S/C47H62N10O6/c1-45(2)60-38-31(23-35(39(38)61-45)56-19-14-33-41(48)51-27-52-43(33)56)25-55(32-21-29(22-32)11-12-37(58)59-26-28-9-7-6-8-10-28)18-16-36-53-42(49)34-15-20-57(44(34)54-36)47-17-13-30(24-50-5)40(47)62-46(3,4)63-47/h6-10,14-15,19-20,27,29-32,35,38-40,50H,11-13,16-18,21-26H2,1-5H3,(H2,48,51,52)(H2,49,53,54). The van der Waals surface area contributed by atoms with Crippen LogP contribution in [0, 0.1) is 17.8 Å².